The van der Waals surface area contributed by atoms with Crippen LogP contribution >= 0.6 is 0 Å². The maximum Gasteiger partial charge on any atom is 0.0350 e. The molecule has 1 aromatic rings. The normalized spacial score (nSPS) is 23.1. The van der Waals surface area contributed by atoms with Crippen LogP contribution in [0.25, 0.3) is 0 Å². The number of rotatable bonds is 6. The fraction of sp³-hybridized carbons (Fsp3) is 0.684. The Kier molecular flexibility index (Phi) is 5.26. The smallest absolute Gasteiger partial charge is 0.0350 e. The number of nitrogens with one attached hydrogen (secondary N) is 1. The van der Waals surface area contributed by atoms with Crippen LogP contribution in [0.3, 0.4) is 0 Å². The van der Waals surface area contributed by atoms with Crippen molar-refractivity contribution in [3.05, 3.63) is 35.9 Å². The van der Waals surface area contributed by atoms with E-state index in [0.717, 1.165) is 5.92 Å². The first-order chi connectivity index (χ1) is 9.55. The minimum absolute atomic E-state index is 0.519. The van der Waals surface area contributed by atoms with Gasteiger partial charge in [-0.25, -0.2) is 0 Å². The SMILES string of the molecule is CCC(CC)C(NC1CCC(C)(C)C1)c1ccccc1. The Balaban J connectivity index is 2.11. The Labute approximate surface area is 125 Å². The summed E-state index contributed by atoms with van der Waals surface area (Å²) >= 11 is 0. The molecule has 112 valence electrons. The Morgan fingerprint density at radius 3 is 2.30 bits per heavy atom. The molecule has 0 bridgehead atoms. The molecule has 0 aliphatic heterocycles. The first-order valence-corrected chi connectivity index (χ1v) is 8.36. The lowest BCUT2D eigenvalue weighted by atomic mass is 9.87. The lowest BCUT2D eigenvalue weighted by Gasteiger charge is -2.30. The third-order valence-electron chi connectivity index (χ3n) is 5.06. The van der Waals surface area contributed by atoms with Gasteiger partial charge in [-0.05, 0) is 36.2 Å². The van der Waals surface area contributed by atoms with Gasteiger partial charge in [0.1, 0.15) is 0 Å². The van der Waals surface area contributed by atoms with Gasteiger partial charge in [0.2, 0.25) is 0 Å². The molecule has 0 radical (unpaired) electrons. The summed E-state index contributed by atoms with van der Waals surface area (Å²) in [5.74, 6) is 0.737. The Morgan fingerprint density at radius 1 is 1.15 bits per heavy atom. The van der Waals surface area contributed by atoms with Gasteiger partial charge >= 0.3 is 0 Å². The monoisotopic (exact) mass is 273 g/mol. The van der Waals surface area contributed by atoms with Gasteiger partial charge in [0, 0.05) is 12.1 Å². The van der Waals surface area contributed by atoms with E-state index in [9.17, 15) is 0 Å². The molecule has 1 heteroatoms. The maximum atomic E-state index is 3.99. The fourth-order valence-corrected chi connectivity index (χ4v) is 3.76. The van der Waals surface area contributed by atoms with Gasteiger partial charge in [-0.1, -0.05) is 70.9 Å². The quantitative estimate of drug-likeness (QED) is 0.738. The van der Waals surface area contributed by atoms with E-state index in [4.69, 9.17) is 0 Å². The van der Waals surface area contributed by atoms with Crippen molar-refractivity contribution in [1.82, 2.24) is 5.32 Å². The molecule has 0 spiro atoms. The van der Waals surface area contributed by atoms with E-state index in [1.54, 1.807) is 0 Å². The van der Waals surface area contributed by atoms with E-state index < -0.39 is 0 Å². The standard InChI is InChI=1S/C19H31N/c1-5-15(6-2)18(16-10-8-7-9-11-16)20-17-12-13-19(3,4)14-17/h7-11,15,17-18,20H,5-6,12-14H2,1-4H3. The zero-order valence-corrected chi connectivity index (χ0v) is 13.7. The molecule has 2 atom stereocenters. The summed E-state index contributed by atoms with van der Waals surface area (Å²) in [6.45, 7) is 9.46. The van der Waals surface area contributed by atoms with Crippen molar-refractivity contribution in [2.24, 2.45) is 11.3 Å². The minimum Gasteiger partial charge on any atom is -0.307 e. The fourth-order valence-electron chi connectivity index (χ4n) is 3.76. The topological polar surface area (TPSA) is 12.0 Å². The van der Waals surface area contributed by atoms with Crippen molar-refractivity contribution in [3.63, 3.8) is 0 Å². The Bertz CT molecular complexity index is 391. The highest BCUT2D eigenvalue weighted by molar-refractivity contribution is 5.20. The molecule has 1 saturated carbocycles. The zero-order valence-electron chi connectivity index (χ0n) is 13.7. The minimum atomic E-state index is 0.519. The summed E-state index contributed by atoms with van der Waals surface area (Å²) in [7, 11) is 0. The predicted molar refractivity (Wildman–Crippen MR) is 87.8 cm³/mol. The highest BCUT2D eigenvalue weighted by Crippen LogP contribution is 2.39. The van der Waals surface area contributed by atoms with Crippen molar-refractivity contribution in [1.29, 1.82) is 0 Å². The van der Waals surface area contributed by atoms with Gasteiger partial charge < -0.3 is 5.32 Å². The van der Waals surface area contributed by atoms with Crippen LogP contribution in [-0.4, -0.2) is 6.04 Å². The summed E-state index contributed by atoms with van der Waals surface area (Å²) in [5.41, 5.74) is 1.98. The highest BCUT2D eigenvalue weighted by Gasteiger charge is 2.33. The van der Waals surface area contributed by atoms with E-state index in [-0.39, 0.29) is 0 Å². The summed E-state index contributed by atoms with van der Waals surface area (Å²) in [6, 6.07) is 12.2. The van der Waals surface area contributed by atoms with Crippen LogP contribution in [-0.2, 0) is 0 Å². The van der Waals surface area contributed by atoms with Crippen molar-refractivity contribution in [2.75, 3.05) is 0 Å². The molecular formula is C19H31N. The molecule has 0 saturated heterocycles. The molecule has 1 nitrogen and oxygen atoms in total. The van der Waals surface area contributed by atoms with E-state index in [0.29, 0.717) is 17.5 Å². The summed E-state index contributed by atoms with van der Waals surface area (Å²) in [5, 5.41) is 3.99. The van der Waals surface area contributed by atoms with Crippen LogP contribution < -0.4 is 5.32 Å². The second-order valence-corrected chi connectivity index (χ2v) is 7.24. The molecule has 1 aliphatic rings. The molecule has 2 rings (SSSR count). The van der Waals surface area contributed by atoms with Crippen molar-refractivity contribution in [2.45, 2.75) is 71.9 Å². The number of benzene rings is 1. The first kappa shape index (κ1) is 15.6. The van der Waals surface area contributed by atoms with Crippen LogP contribution in [0.5, 0.6) is 0 Å². The van der Waals surface area contributed by atoms with Gasteiger partial charge in [-0.15, -0.1) is 0 Å². The average molecular weight is 273 g/mol. The molecule has 1 N–H and O–H groups in total. The van der Waals surface area contributed by atoms with Crippen LogP contribution in [0, 0.1) is 11.3 Å². The molecule has 1 aliphatic carbocycles. The summed E-state index contributed by atoms with van der Waals surface area (Å²) in [6.07, 6.45) is 6.50. The lowest BCUT2D eigenvalue weighted by molar-refractivity contribution is 0.293. The van der Waals surface area contributed by atoms with Crippen LogP contribution in [0.4, 0.5) is 0 Å². The van der Waals surface area contributed by atoms with E-state index in [1.807, 2.05) is 0 Å². The zero-order chi connectivity index (χ0) is 14.6. The molecule has 0 amide bonds. The van der Waals surface area contributed by atoms with E-state index >= 15 is 0 Å². The summed E-state index contributed by atoms with van der Waals surface area (Å²) < 4.78 is 0. The lowest BCUT2D eigenvalue weighted by Crippen LogP contribution is -2.35. The molecule has 0 aromatic heterocycles. The average Bonchev–Trinajstić information content (AvgIpc) is 2.79. The van der Waals surface area contributed by atoms with Gasteiger partial charge in [0.15, 0.2) is 0 Å². The van der Waals surface area contributed by atoms with Crippen LogP contribution in [0.1, 0.15) is 71.4 Å². The summed E-state index contributed by atoms with van der Waals surface area (Å²) in [4.78, 5) is 0. The first-order valence-electron chi connectivity index (χ1n) is 8.36. The van der Waals surface area contributed by atoms with E-state index in [1.165, 1.54) is 37.7 Å². The third kappa shape index (κ3) is 3.85. The van der Waals surface area contributed by atoms with Crippen molar-refractivity contribution < 1.29 is 0 Å². The van der Waals surface area contributed by atoms with Crippen molar-refractivity contribution >= 4 is 0 Å². The number of hydrogen-bond donors (Lipinski definition) is 1. The highest BCUT2D eigenvalue weighted by atomic mass is 15.0. The second kappa shape index (κ2) is 6.76. The van der Waals surface area contributed by atoms with Crippen LogP contribution in [0.2, 0.25) is 0 Å². The van der Waals surface area contributed by atoms with E-state index in [2.05, 4.69) is 63.3 Å². The largest absolute Gasteiger partial charge is 0.307 e. The Morgan fingerprint density at radius 2 is 1.80 bits per heavy atom. The predicted octanol–water partition coefficient (Wildman–Crippen LogP) is 5.33. The maximum absolute atomic E-state index is 3.99. The molecule has 1 aromatic carbocycles. The van der Waals surface area contributed by atoms with Gasteiger partial charge in [0.25, 0.3) is 0 Å². The van der Waals surface area contributed by atoms with Crippen molar-refractivity contribution in [3.8, 4) is 0 Å². The third-order valence-corrected chi connectivity index (χ3v) is 5.06. The number of hydrogen-bond acceptors (Lipinski definition) is 1. The molecule has 0 heterocycles. The molecule has 1 fully saturated rings. The van der Waals surface area contributed by atoms with Gasteiger partial charge in [-0.3, -0.25) is 0 Å². The van der Waals surface area contributed by atoms with Gasteiger partial charge in [-0.2, -0.15) is 0 Å². The molecule has 20 heavy (non-hydrogen) atoms. The second-order valence-electron chi connectivity index (χ2n) is 7.24. The molecule has 2 unspecified atom stereocenters. The molecular weight excluding hydrogens is 242 g/mol. The van der Waals surface area contributed by atoms with Gasteiger partial charge in [0.05, 0.1) is 0 Å². The van der Waals surface area contributed by atoms with Crippen LogP contribution in [0.15, 0.2) is 30.3 Å². The Hall–Kier alpha value is -0.820.